The summed E-state index contributed by atoms with van der Waals surface area (Å²) in [5.74, 6) is 2.92. The molecule has 2 aromatic carbocycles. The standard InChI is InChI=1S/C17H16N2O2S/c1-3-22-15-7-5-4-6-14(15)17-18-16(19-21-17)12-8-10-13(20-2)11-9-12/h4-11H,3H2,1-2H3. The molecule has 0 saturated heterocycles. The largest absolute Gasteiger partial charge is 0.497 e. The van der Waals surface area contributed by atoms with Gasteiger partial charge in [-0.3, -0.25) is 0 Å². The zero-order chi connectivity index (χ0) is 15.4. The van der Waals surface area contributed by atoms with Gasteiger partial charge in [0.15, 0.2) is 0 Å². The van der Waals surface area contributed by atoms with E-state index < -0.39 is 0 Å². The molecule has 112 valence electrons. The molecular formula is C17H16N2O2S. The number of nitrogens with zero attached hydrogens (tertiary/aromatic N) is 2. The van der Waals surface area contributed by atoms with Gasteiger partial charge in [0.1, 0.15) is 5.75 Å². The Bertz CT molecular complexity index is 753. The summed E-state index contributed by atoms with van der Waals surface area (Å²) in [5.41, 5.74) is 1.87. The normalized spacial score (nSPS) is 10.6. The van der Waals surface area contributed by atoms with Gasteiger partial charge in [0.05, 0.1) is 12.7 Å². The van der Waals surface area contributed by atoms with E-state index in [1.165, 1.54) is 0 Å². The van der Waals surface area contributed by atoms with Crippen molar-refractivity contribution in [2.24, 2.45) is 0 Å². The lowest BCUT2D eigenvalue weighted by Crippen LogP contribution is -1.85. The highest BCUT2D eigenvalue weighted by Gasteiger charge is 2.13. The Morgan fingerprint density at radius 3 is 2.59 bits per heavy atom. The number of hydrogen-bond acceptors (Lipinski definition) is 5. The maximum absolute atomic E-state index is 5.44. The molecule has 0 aliphatic carbocycles. The van der Waals surface area contributed by atoms with Gasteiger partial charge >= 0.3 is 0 Å². The first-order chi connectivity index (χ1) is 10.8. The van der Waals surface area contributed by atoms with Crippen LogP contribution in [0, 0.1) is 0 Å². The number of ether oxygens (including phenoxy) is 1. The first-order valence-electron chi connectivity index (χ1n) is 7.02. The van der Waals surface area contributed by atoms with E-state index in [9.17, 15) is 0 Å². The van der Waals surface area contributed by atoms with Crippen molar-refractivity contribution in [3.05, 3.63) is 48.5 Å². The molecule has 0 aliphatic rings. The average Bonchev–Trinajstić information content (AvgIpc) is 3.05. The van der Waals surface area contributed by atoms with Crippen molar-refractivity contribution >= 4 is 11.8 Å². The van der Waals surface area contributed by atoms with E-state index in [0.717, 1.165) is 27.5 Å². The van der Waals surface area contributed by atoms with Crippen LogP contribution in [-0.4, -0.2) is 23.0 Å². The second-order valence-corrected chi connectivity index (χ2v) is 5.89. The number of methoxy groups -OCH3 is 1. The Hall–Kier alpha value is -2.27. The van der Waals surface area contributed by atoms with Crippen molar-refractivity contribution in [2.45, 2.75) is 11.8 Å². The number of thioether (sulfide) groups is 1. The zero-order valence-electron chi connectivity index (χ0n) is 12.4. The van der Waals surface area contributed by atoms with Gasteiger partial charge in [-0.1, -0.05) is 24.2 Å². The van der Waals surface area contributed by atoms with Crippen LogP contribution in [0.15, 0.2) is 57.9 Å². The quantitative estimate of drug-likeness (QED) is 0.648. The average molecular weight is 312 g/mol. The lowest BCUT2D eigenvalue weighted by atomic mass is 10.2. The molecule has 1 aromatic heterocycles. The number of hydrogen-bond donors (Lipinski definition) is 0. The van der Waals surface area contributed by atoms with Crippen LogP contribution in [0.3, 0.4) is 0 Å². The monoisotopic (exact) mass is 312 g/mol. The third kappa shape index (κ3) is 2.99. The molecule has 0 spiro atoms. The lowest BCUT2D eigenvalue weighted by molar-refractivity contribution is 0.414. The molecule has 0 fully saturated rings. The zero-order valence-corrected chi connectivity index (χ0v) is 13.3. The first-order valence-corrected chi connectivity index (χ1v) is 8.00. The molecule has 0 radical (unpaired) electrons. The summed E-state index contributed by atoms with van der Waals surface area (Å²) in [4.78, 5) is 5.67. The van der Waals surface area contributed by atoms with E-state index >= 15 is 0 Å². The van der Waals surface area contributed by atoms with Crippen LogP contribution in [0.25, 0.3) is 22.8 Å². The SMILES string of the molecule is CCSc1ccccc1-c1nc(-c2ccc(OC)cc2)no1. The minimum atomic E-state index is 0.544. The smallest absolute Gasteiger partial charge is 0.259 e. The molecule has 3 rings (SSSR count). The summed E-state index contributed by atoms with van der Waals surface area (Å²) in [5, 5.41) is 4.08. The number of benzene rings is 2. The third-order valence-electron chi connectivity index (χ3n) is 3.19. The van der Waals surface area contributed by atoms with E-state index in [1.807, 2.05) is 42.5 Å². The van der Waals surface area contributed by atoms with Crippen LogP contribution in [0.1, 0.15) is 6.92 Å². The van der Waals surface area contributed by atoms with Crippen LogP contribution < -0.4 is 4.74 Å². The van der Waals surface area contributed by atoms with Gasteiger partial charge in [-0.15, -0.1) is 11.8 Å². The topological polar surface area (TPSA) is 48.2 Å². The Balaban J connectivity index is 1.93. The summed E-state index contributed by atoms with van der Waals surface area (Å²) in [6.45, 7) is 2.12. The Morgan fingerprint density at radius 2 is 1.86 bits per heavy atom. The molecular weight excluding hydrogens is 296 g/mol. The van der Waals surface area contributed by atoms with Gasteiger partial charge in [0, 0.05) is 10.5 Å². The highest BCUT2D eigenvalue weighted by Crippen LogP contribution is 2.31. The predicted molar refractivity (Wildman–Crippen MR) is 88.1 cm³/mol. The molecule has 0 aliphatic heterocycles. The van der Waals surface area contributed by atoms with Gasteiger partial charge < -0.3 is 9.26 Å². The van der Waals surface area contributed by atoms with E-state index in [1.54, 1.807) is 18.9 Å². The molecule has 0 atom stereocenters. The first kappa shape index (κ1) is 14.7. The second kappa shape index (κ2) is 6.66. The minimum absolute atomic E-state index is 0.544. The maximum Gasteiger partial charge on any atom is 0.259 e. The van der Waals surface area contributed by atoms with Crippen molar-refractivity contribution in [3.63, 3.8) is 0 Å². The van der Waals surface area contributed by atoms with E-state index in [0.29, 0.717) is 11.7 Å². The van der Waals surface area contributed by atoms with Gasteiger partial charge in [0.25, 0.3) is 5.89 Å². The molecule has 0 saturated carbocycles. The lowest BCUT2D eigenvalue weighted by Gasteiger charge is -2.03. The van der Waals surface area contributed by atoms with Gasteiger partial charge in [0.2, 0.25) is 5.82 Å². The number of rotatable bonds is 5. The van der Waals surface area contributed by atoms with Crippen molar-refractivity contribution in [2.75, 3.05) is 12.9 Å². The maximum atomic E-state index is 5.44. The molecule has 0 bridgehead atoms. The number of aromatic nitrogens is 2. The fourth-order valence-corrected chi connectivity index (χ4v) is 2.91. The molecule has 1 heterocycles. The van der Waals surface area contributed by atoms with Crippen molar-refractivity contribution in [1.82, 2.24) is 10.1 Å². The molecule has 5 heteroatoms. The van der Waals surface area contributed by atoms with Crippen LogP contribution in [0.4, 0.5) is 0 Å². The summed E-state index contributed by atoms with van der Waals surface area (Å²) in [7, 11) is 1.64. The molecule has 0 N–H and O–H groups in total. The van der Waals surface area contributed by atoms with Crippen LogP contribution in [-0.2, 0) is 0 Å². The fraction of sp³-hybridized carbons (Fsp3) is 0.176. The van der Waals surface area contributed by atoms with Crippen LogP contribution in [0.5, 0.6) is 5.75 Å². The summed E-state index contributed by atoms with van der Waals surface area (Å²) >= 11 is 1.76. The Labute approximate surface area is 133 Å². The van der Waals surface area contributed by atoms with Crippen molar-refractivity contribution in [3.8, 4) is 28.6 Å². The van der Waals surface area contributed by atoms with Gasteiger partial charge in [-0.05, 0) is 42.2 Å². The van der Waals surface area contributed by atoms with Crippen molar-refractivity contribution < 1.29 is 9.26 Å². The van der Waals surface area contributed by atoms with Crippen molar-refractivity contribution in [1.29, 1.82) is 0 Å². The fourth-order valence-electron chi connectivity index (χ4n) is 2.11. The van der Waals surface area contributed by atoms with Gasteiger partial charge in [-0.2, -0.15) is 4.98 Å². The summed E-state index contributed by atoms with van der Waals surface area (Å²) in [6.07, 6.45) is 0. The molecule has 0 unspecified atom stereocenters. The second-order valence-electron chi connectivity index (χ2n) is 4.58. The molecule has 0 amide bonds. The summed E-state index contributed by atoms with van der Waals surface area (Å²) < 4.78 is 10.6. The minimum Gasteiger partial charge on any atom is -0.497 e. The summed E-state index contributed by atoms with van der Waals surface area (Å²) in [6, 6.07) is 15.7. The highest BCUT2D eigenvalue weighted by molar-refractivity contribution is 7.99. The third-order valence-corrected chi connectivity index (χ3v) is 4.15. The Kier molecular flexibility index (Phi) is 4.44. The molecule has 4 nitrogen and oxygen atoms in total. The van der Waals surface area contributed by atoms with Crippen LogP contribution in [0.2, 0.25) is 0 Å². The Morgan fingerprint density at radius 1 is 1.09 bits per heavy atom. The molecule has 22 heavy (non-hydrogen) atoms. The van der Waals surface area contributed by atoms with Crippen LogP contribution >= 0.6 is 11.8 Å². The predicted octanol–water partition coefficient (Wildman–Crippen LogP) is 4.52. The highest BCUT2D eigenvalue weighted by atomic mass is 32.2. The molecule has 3 aromatic rings. The van der Waals surface area contributed by atoms with E-state index in [-0.39, 0.29) is 0 Å². The van der Waals surface area contributed by atoms with E-state index in [2.05, 4.69) is 23.1 Å². The van der Waals surface area contributed by atoms with E-state index in [4.69, 9.17) is 9.26 Å². The van der Waals surface area contributed by atoms with Gasteiger partial charge in [-0.25, -0.2) is 0 Å².